The minimum atomic E-state index is -1.31. The van der Waals surface area contributed by atoms with Gasteiger partial charge in [0.15, 0.2) is 12.1 Å². The van der Waals surface area contributed by atoms with Crippen molar-refractivity contribution >= 4 is 46.6 Å². The van der Waals surface area contributed by atoms with Gasteiger partial charge in [0, 0.05) is 86.7 Å². The Morgan fingerprint density at radius 3 is 2.59 bits per heavy atom. The van der Waals surface area contributed by atoms with Crippen LogP contribution in [0.2, 0.25) is 0 Å². The summed E-state index contributed by atoms with van der Waals surface area (Å²) in [7, 11) is 1.41. The predicted molar refractivity (Wildman–Crippen MR) is 239 cm³/mol. The highest BCUT2D eigenvalue weighted by Crippen LogP contribution is 2.37. The van der Waals surface area contributed by atoms with Crippen molar-refractivity contribution in [2.75, 3.05) is 68.5 Å². The number of benzene rings is 3. The molecule has 3 aliphatic heterocycles. The van der Waals surface area contributed by atoms with Crippen molar-refractivity contribution in [2.24, 2.45) is 0 Å². The largest absolute Gasteiger partial charge is 0.496 e. The smallest absolute Gasteiger partial charge is 0.274 e. The molecule has 5 amide bonds. The number of methoxy groups -OCH3 is 1. The minimum absolute atomic E-state index is 0.00611. The lowest BCUT2D eigenvalue weighted by molar-refractivity contribution is -0.139. The van der Waals surface area contributed by atoms with Crippen molar-refractivity contribution in [1.82, 2.24) is 35.4 Å². The molecule has 5 aromatic rings. The molecular weight excluding hydrogens is 850 g/mol. The van der Waals surface area contributed by atoms with Crippen molar-refractivity contribution in [2.45, 2.75) is 38.0 Å². The predicted octanol–water partition coefficient (Wildman–Crippen LogP) is 3.86. The average Bonchev–Trinajstić information content (AvgIpc) is 3.57. The summed E-state index contributed by atoms with van der Waals surface area (Å²) in [6, 6.07) is 19.2. The molecular formula is C47H46FN11O7. The van der Waals surface area contributed by atoms with Crippen LogP contribution in [0.3, 0.4) is 0 Å². The number of carbonyl (C=O) groups is 5. The third-order valence-corrected chi connectivity index (χ3v) is 11.7. The van der Waals surface area contributed by atoms with Gasteiger partial charge in [-0.2, -0.15) is 5.26 Å². The van der Waals surface area contributed by atoms with Gasteiger partial charge >= 0.3 is 0 Å². The van der Waals surface area contributed by atoms with Crippen LogP contribution in [0.25, 0.3) is 22.5 Å². The van der Waals surface area contributed by atoms with E-state index in [0.717, 1.165) is 16.9 Å². The van der Waals surface area contributed by atoms with E-state index < -0.39 is 41.7 Å². The van der Waals surface area contributed by atoms with Crippen LogP contribution in [-0.2, 0) is 14.4 Å². The standard InChI is InChI=1S/C47H46FN11O7/c1-66-39-6-4-5-34(48)42(39)43-53-18-14-36(54-43)44(62)55-35-10-7-28(33-26-50-17-13-29(33)25-49)23-38(35)58-21-19-57(20-22-58)27-41(61)52-16-3-2-15-51-30-8-9-31-32(24-30)47(65)59(46(31)64)37-11-12-40(60)56-45(37)63/h4-10,13-14,17-18,23-24,26,37,47,51,65H,2-3,11-12,15-16,19-22,27H2,1H3,(H,52,61)(H,55,62)(H,56,60,63). The van der Waals surface area contributed by atoms with Gasteiger partial charge in [0.25, 0.3) is 11.8 Å². The van der Waals surface area contributed by atoms with Crippen LogP contribution in [0.4, 0.5) is 21.5 Å². The number of amides is 5. The number of carbonyl (C=O) groups excluding carboxylic acids is 5. The van der Waals surface area contributed by atoms with Crippen LogP contribution in [-0.4, -0.2) is 118 Å². The third kappa shape index (κ3) is 9.64. The molecule has 2 fully saturated rings. The Morgan fingerprint density at radius 2 is 1.80 bits per heavy atom. The number of halogens is 1. The zero-order chi connectivity index (χ0) is 46.3. The Bertz CT molecular complexity index is 2740. The van der Waals surface area contributed by atoms with Gasteiger partial charge in [0.2, 0.25) is 17.7 Å². The molecule has 0 radical (unpaired) electrons. The number of pyridine rings is 1. The molecule has 5 N–H and O–H groups in total. The van der Waals surface area contributed by atoms with E-state index in [2.05, 4.69) is 52.1 Å². The number of rotatable bonds is 15. The molecule has 19 heteroatoms. The number of hydrogen-bond acceptors (Lipinski definition) is 14. The van der Waals surface area contributed by atoms with Gasteiger partial charge < -0.3 is 30.7 Å². The fraction of sp³-hybridized carbons (Fsp3) is 0.298. The van der Waals surface area contributed by atoms with Crippen molar-refractivity contribution < 1.29 is 38.2 Å². The zero-order valence-corrected chi connectivity index (χ0v) is 35.9. The zero-order valence-electron chi connectivity index (χ0n) is 35.9. The fourth-order valence-corrected chi connectivity index (χ4v) is 8.33. The summed E-state index contributed by atoms with van der Waals surface area (Å²) in [5.41, 5.74) is 4.40. The Hall–Kier alpha value is -7.82. The van der Waals surface area contributed by atoms with E-state index in [-0.39, 0.29) is 48.1 Å². The van der Waals surface area contributed by atoms with E-state index in [0.29, 0.717) is 85.0 Å². The molecule has 0 saturated carbocycles. The molecule has 2 atom stereocenters. The van der Waals surface area contributed by atoms with Crippen LogP contribution in [0.5, 0.6) is 5.75 Å². The molecule has 66 heavy (non-hydrogen) atoms. The average molecular weight is 896 g/mol. The number of hydrogen-bond donors (Lipinski definition) is 5. The number of nitriles is 1. The summed E-state index contributed by atoms with van der Waals surface area (Å²) in [6.07, 6.45) is 4.90. The van der Waals surface area contributed by atoms with Crippen LogP contribution >= 0.6 is 0 Å². The summed E-state index contributed by atoms with van der Waals surface area (Å²) in [5, 5.41) is 32.3. The number of ether oxygens (including phenoxy) is 1. The molecule has 2 aromatic heterocycles. The molecule has 0 bridgehead atoms. The first-order valence-electron chi connectivity index (χ1n) is 21.4. The number of piperazine rings is 1. The molecule has 2 unspecified atom stereocenters. The van der Waals surface area contributed by atoms with Gasteiger partial charge in [0.05, 0.1) is 42.2 Å². The number of nitrogens with one attached hydrogen (secondary N) is 4. The van der Waals surface area contributed by atoms with Crippen molar-refractivity contribution in [1.29, 1.82) is 5.26 Å². The van der Waals surface area contributed by atoms with Gasteiger partial charge in [-0.05, 0) is 79.4 Å². The molecule has 3 aliphatic rings. The third-order valence-electron chi connectivity index (χ3n) is 11.7. The maximum absolute atomic E-state index is 14.9. The Labute approximate surface area is 378 Å². The van der Waals surface area contributed by atoms with Crippen LogP contribution in [0.1, 0.15) is 63.9 Å². The number of unbranched alkanes of at least 4 members (excludes halogenated alkanes) is 1. The van der Waals surface area contributed by atoms with Gasteiger partial charge in [0.1, 0.15) is 23.3 Å². The van der Waals surface area contributed by atoms with Crippen molar-refractivity contribution in [3.8, 4) is 34.3 Å². The number of nitrogens with zero attached hydrogens (tertiary/aromatic N) is 7. The van der Waals surface area contributed by atoms with Crippen molar-refractivity contribution in [3.63, 3.8) is 0 Å². The number of aliphatic hydroxyl groups is 1. The second-order valence-electron chi connectivity index (χ2n) is 15.9. The topological polar surface area (TPSA) is 235 Å². The number of piperidine rings is 1. The van der Waals surface area contributed by atoms with E-state index in [4.69, 9.17) is 4.74 Å². The van der Waals surface area contributed by atoms with Gasteiger partial charge in [-0.3, -0.25) is 44.1 Å². The Kier molecular flexibility index (Phi) is 13.5. The maximum atomic E-state index is 14.9. The fourth-order valence-electron chi connectivity index (χ4n) is 8.33. The van der Waals surface area contributed by atoms with E-state index in [1.54, 1.807) is 54.9 Å². The van der Waals surface area contributed by atoms with Crippen molar-refractivity contribution in [3.05, 3.63) is 114 Å². The summed E-state index contributed by atoms with van der Waals surface area (Å²) in [4.78, 5) is 81.9. The molecule has 3 aromatic carbocycles. The minimum Gasteiger partial charge on any atom is -0.496 e. The molecule has 8 rings (SSSR count). The first-order valence-corrected chi connectivity index (χ1v) is 21.4. The summed E-state index contributed by atoms with van der Waals surface area (Å²) >= 11 is 0. The van der Waals surface area contributed by atoms with Gasteiger partial charge in [-0.25, -0.2) is 14.4 Å². The number of anilines is 3. The molecule has 5 heterocycles. The SMILES string of the molecule is COc1cccc(F)c1-c1nccc(C(=O)Nc2ccc(-c3cnccc3C#N)cc2N2CCN(CC(=O)NCCCCNc3ccc4c(c3)C(O)N(C3CCC(=O)NC3=O)C4=O)CC2)n1. The maximum Gasteiger partial charge on any atom is 0.274 e. The summed E-state index contributed by atoms with van der Waals surface area (Å²) in [6.45, 7) is 3.40. The van der Waals surface area contributed by atoms with E-state index >= 15 is 0 Å². The van der Waals surface area contributed by atoms with Gasteiger partial charge in [-0.15, -0.1) is 0 Å². The number of aromatic nitrogens is 3. The first kappa shape index (κ1) is 44.8. The van der Waals surface area contributed by atoms with Crippen LogP contribution < -0.4 is 30.9 Å². The highest BCUT2D eigenvalue weighted by molar-refractivity contribution is 6.06. The Balaban J connectivity index is 0.840. The summed E-state index contributed by atoms with van der Waals surface area (Å²) < 4.78 is 20.2. The van der Waals surface area contributed by atoms with E-state index in [9.17, 15) is 38.7 Å². The molecule has 18 nitrogen and oxygen atoms in total. The van der Waals surface area contributed by atoms with Crippen LogP contribution in [0.15, 0.2) is 85.3 Å². The van der Waals surface area contributed by atoms with Crippen LogP contribution in [0, 0.1) is 17.1 Å². The quantitative estimate of drug-likeness (QED) is 0.0742. The lowest BCUT2D eigenvalue weighted by Crippen LogP contribution is -2.53. The molecule has 338 valence electrons. The highest BCUT2D eigenvalue weighted by atomic mass is 19.1. The monoisotopic (exact) mass is 895 g/mol. The molecule has 0 aliphatic carbocycles. The lowest BCUT2D eigenvalue weighted by Gasteiger charge is -2.36. The lowest BCUT2D eigenvalue weighted by atomic mass is 10.0. The second kappa shape index (κ2) is 19.9. The number of aliphatic hydroxyl groups excluding tert-OH is 1. The van der Waals surface area contributed by atoms with E-state index in [1.165, 1.54) is 31.5 Å². The number of fused-ring (bicyclic) bond motifs is 1. The van der Waals surface area contributed by atoms with E-state index in [1.807, 2.05) is 6.07 Å². The summed E-state index contributed by atoms with van der Waals surface area (Å²) in [5.74, 6) is -2.51. The van der Waals surface area contributed by atoms with Gasteiger partial charge in [-0.1, -0.05) is 12.1 Å². The molecule has 2 saturated heterocycles. The first-order chi connectivity index (χ1) is 32.0. The normalized spacial score (nSPS) is 17.2. The highest BCUT2D eigenvalue weighted by Gasteiger charge is 2.44. The Morgan fingerprint density at radius 1 is 0.985 bits per heavy atom. The molecule has 0 spiro atoms. The second-order valence-corrected chi connectivity index (χ2v) is 15.9. The number of imide groups is 1.